The molecule has 0 radical (unpaired) electrons. The minimum atomic E-state index is -0.195. The lowest BCUT2D eigenvalue weighted by Crippen LogP contribution is -2.11. The average molecular weight is 322 g/mol. The standard InChI is InChI=1S/C19H12ClNO2/c20-13-5-3-4-12(10-13)19(22)21-14-8-9-18-16(11-14)15-6-1-2-7-17(15)23-18/h1-11H,(H,21,22). The van der Waals surface area contributed by atoms with Gasteiger partial charge in [0.15, 0.2) is 0 Å². The van der Waals surface area contributed by atoms with E-state index in [1.807, 2.05) is 42.5 Å². The van der Waals surface area contributed by atoms with Crippen molar-refractivity contribution in [3.63, 3.8) is 0 Å². The first-order chi connectivity index (χ1) is 11.2. The van der Waals surface area contributed by atoms with Crippen molar-refractivity contribution in [2.24, 2.45) is 0 Å². The highest BCUT2D eigenvalue weighted by Gasteiger charge is 2.10. The highest BCUT2D eigenvalue weighted by molar-refractivity contribution is 6.31. The van der Waals surface area contributed by atoms with Crippen LogP contribution in [0.2, 0.25) is 5.02 Å². The molecule has 1 amide bonds. The second-order valence-electron chi connectivity index (χ2n) is 5.27. The molecule has 4 heteroatoms. The first-order valence-electron chi connectivity index (χ1n) is 7.19. The second kappa shape index (κ2) is 5.45. The van der Waals surface area contributed by atoms with E-state index in [0.717, 1.165) is 21.9 Å². The molecule has 0 unspecified atom stereocenters. The number of anilines is 1. The van der Waals surface area contributed by atoms with Gasteiger partial charge in [0, 0.05) is 27.0 Å². The van der Waals surface area contributed by atoms with Gasteiger partial charge in [0.25, 0.3) is 5.91 Å². The molecule has 112 valence electrons. The number of carbonyl (C=O) groups excluding carboxylic acids is 1. The fourth-order valence-corrected chi connectivity index (χ4v) is 2.83. The minimum absolute atomic E-state index is 0.195. The number of carbonyl (C=O) groups is 1. The number of fused-ring (bicyclic) bond motifs is 3. The summed E-state index contributed by atoms with van der Waals surface area (Å²) in [6.07, 6.45) is 0. The summed E-state index contributed by atoms with van der Waals surface area (Å²) >= 11 is 5.93. The van der Waals surface area contributed by atoms with Crippen LogP contribution in [-0.4, -0.2) is 5.91 Å². The van der Waals surface area contributed by atoms with Gasteiger partial charge in [-0.2, -0.15) is 0 Å². The minimum Gasteiger partial charge on any atom is -0.456 e. The molecule has 0 saturated heterocycles. The van der Waals surface area contributed by atoms with Crippen molar-refractivity contribution in [2.75, 3.05) is 5.32 Å². The zero-order valence-corrected chi connectivity index (χ0v) is 12.8. The van der Waals surface area contributed by atoms with Gasteiger partial charge in [-0.25, -0.2) is 0 Å². The van der Waals surface area contributed by atoms with Gasteiger partial charge in [0.1, 0.15) is 11.2 Å². The lowest BCUT2D eigenvalue weighted by Gasteiger charge is -2.05. The third-order valence-electron chi connectivity index (χ3n) is 3.72. The Bertz CT molecular complexity index is 1040. The molecule has 1 aromatic heterocycles. The molecule has 1 N–H and O–H groups in total. The Morgan fingerprint density at radius 2 is 1.70 bits per heavy atom. The van der Waals surface area contributed by atoms with Gasteiger partial charge in [0.2, 0.25) is 0 Å². The number of furan rings is 1. The van der Waals surface area contributed by atoms with Crippen molar-refractivity contribution in [3.05, 3.63) is 77.3 Å². The van der Waals surface area contributed by atoms with Crippen LogP contribution >= 0.6 is 11.6 Å². The second-order valence-corrected chi connectivity index (χ2v) is 5.71. The van der Waals surface area contributed by atoms with Gasteiger partial charge >= 0.3 is 0 Å². The summed E-state index contributed by atoms with van der Waals surface area (Å²) in [5.41, 5.74) is 2.87. The number of para-hydroxylation sites is 1. The maximum Gasteiger partial charge on any atom is 0.255 e. The SMILES string of the molecule is O=C(Nc1ccc2oc3ccccc3c2c1)c1cccc(Cl)c1. The maximum absolute atomic E-state index is 12.3. The van der Waals surface area contributed by atoms with E-state index in [2.05, 4.69) is 5.32 Å². The lowest BCUT2D eigenvalue weighted by atomic mass is 10.1. The zero-order valence-electron chi connectivity index (χ0n) is 12.0. The van der Waals surface area contributed by atoms with E-state index in [1.165, 1.54) is 0 Å². The van der Waals surface area contributed by atoms with Crippen LogP contribution in [0.5, 0.6) is 0 Å². The Morgan fingerprint density at radius 1 is 0.870 bits per heavy atom. The highest BCUT2D eigenvalue weighted by Crippen LogP contribution is 2.30. The molecule has 3 aromatic carbocycles. The first-order valence-corrected chi connectivity index (χ1v) is 7.57. The molecule has 1 heterocycles. The predicted molar refractivity (Wildman–Crippen MR) is 93.1 cm³/mol. The molecule has 0 saturated carbocycles. The average Bonchev–Trinajstić information content (AvgIpc) is 2.93. The van der Waals surface area contributed by atoms with Gasteiger partial charge in [-0.1, -0.05) is 35.9 Å². The van der Waals surface area contributed by atoms with Gasteiger partial charge < -0.3 is 9.73 Å². The van der Waals surface area contributed by atoms with Crippen molar-refractivity contribution in [2.45, 2.75) is 0 Å². The van der Waals surface area contributed by atoms with E-state index in [4.69, 9.17) is 16.0 Å². The predicted octanol–water partition coefficient (Wildman–Crippen LogP) is 5.49. The van der Waals surface area contributed by atoms with Crippen LogP contribution in [0.1, 0.15) is 10.4 Å². The van der Waals surface area contributed by atoms with Crippen molar-refractivity contribution in [1.29, 1.82) is 0 Å². The van der Waals surface area contributed by atoms with Crippen LogP contribution in [-0.2, 0) is 0 Å². The summed E-state index contributed by atoms with van der Waals surface area (Å²) in [6.45, 7) is 0. The third-order valence-corrected chi connectivity index (χ3v) is 3.96. The number of halogens is 1. The molecule has 23 heavy (non-hydrogen) atoms. The van der Waals surface area contributed by atoms with Crippen molar-refractivity contribution >= 4 is 45.1 Å². The molecule has 0 spiro atoms. The summed E-state index contributed by atoms with van der Waals surface area (Å²) in [5, 5.41) is 5.43. The molecular formula is C19H12ClNO2. The number of nitrogens with one attached hydrogen (secondary N) is 1. The molecule has 0 aliphatic rings. The Morgan fingerprint density at radius 3 is 2.57 bits per heavy atom. The number of rotatable bonds is 2. The monoisotopic (exact) mass is 321 g/mol. The van der Waals surface area contributed by atoms with Gasteiger partial charge in [-0.05, 0) is 42.5 Å². The summed E-state index contributed by atoms with van der Waals surface area (Å²) < 4.78 is 5.78. The van der Waals surface area contributed by atoms with E-state index in [-0.39, 0.29) is 5.91 Å². The molecule has 4 rings (SSSR count). The van der Waals surface area contributed by atoms with Crippen LogP contribution in [0.15, 0.2) is 71.1 Å². The normalized spacial score (nSPS) is 11.0. The maximum atomic E-state index is 12.3. The fourth-order valence-electron chi connectivity index (χ4n) is 2.64. The van der Waals surface area contributed by atoms with E-state index in [9.17, 15) is 4.79 Å². The van der Waals surface area contributed by atoms with Crippen LogP contribution in [0.3, 0.4) is 0 Å². The van der Waals surface area contributed by atoms with Gasteiger partial charge in [-0.15, -0.1) is 0 Å². The first kappa shape index (κ1) is 13.9. The lowest BCUT2D eigenvalue weighted by molar-refractivity contribution is 0.102. The number of amides is 1. The largest absolute Gasteiger partial charge is 0.456 e. The van der Waals surface area contributed by atoms with Gasteiger partial charge in [-0.3, -0.25) is 4.79 Å². The number of hydrogen-bond acceptors (Lipinski definition) is 2. The van der Waals surface area contributed by atoms with E-state index >= 15 is 0 Å². The highest BCUT2D eigenvalue weighted by atomic mass is 35.5. The van der Waals surface area contributed by atoms with Crippen molar-refractivity contribution in [1.82, 2.24) is 0 Å². The number of hydrogen-bond donors (Lipinski definition) is 1. The van der Waals surface area contributed by atoms with Gasteiger partial charge in [0.05, 0.1) is 0 Å². The topological polar surface area (TPSA) is 42.2 Å². The van der Waals surface area contributed by atoms with Crippen molar-refractivity contribution in [3.8, 4) is 0 Å². The molecule has 0 bridgehead atoms. The van der Waals surface area contributed by atoms with E-state index in [0.29, 0.717) is 16.3 Å². The molecule has 0 atom stereocenters. The fraction of sp³-hybridized carbons (Fsp3) is 0. The molecule has 0 fully saturated rings. The van der Waals surface area contributed by atoms with Crippen LogP contribution in [0.4, 0.5) is 5.69 Å². The third kappa shape index (κ3) is 2.56. The van der Waals surface area contributed by atoms with Crippen LogP contribution in [0, 0.1) is 0 Å². The molecular weight excluding hydrogens is 310 g/mol. The zero-order chi connectivity index (χ0) is 15.8. The molecule has 4 aromatic rings. The van der Waals surface area contributed by atoms with Crippen LogP contribution < -0.4 is 5.32 Å². The van der Waals surface area contributed by atoms with Crippen molar-refractivity contribution < 1.29 is 9.21 Å². The Hall–Kier alpha value is -2.78. The van der Waals surface area contributed by atoms with Crippen LogP contribution in [0.25, 0.3) is 21.9 Å². The molecule has 0 aliphatic heterocycles. The quantitative estimate of drug-likeness (QED) is 0.530. The van der Waals surface area contributed by atoms with E-state index < -0.39 is 0 Å². The summed E-state index contributed by atoms with van der Waals surface area (Å²) in [7, 11) is 0. The summed E-state index contributed by atoms with van der Waals surface area (Å²) in [5.74, 6) is -0.195. The Labute approximate surface area is 137 Å². The Balaban J connectivity index is 1.71. The summed E-state index contributed by atoms with van der Waals surface area (Å²) in [6, 6.07) is 20.3. The summed E-state index contributed by atoms with van der Waals surface area (Å²) in [4.78, 5) is 12.3. The molecule has 3 nitrogen and oxygen atoms in total. The molecule has 0 aliphatic carbocycles. The smallest absolute Gasteiger partial charge is 0.255 e. The number of benzene rings is 3. The van der Waals surface area contributed by atoms with E-state index in [1.54, 1.807) is 24.3 Å². The Kier molecular flexibility index (Phi) is 3.28.